The Bertz CT molecular complexity index is 785. The van der Waals surface area contributed by atoms with Crippen LogP contribution in [0.3, 0.4) is 0 Å². The van der Waals surface area contributed by atoms with Gasteiger partial charge in [-0.1, -0.05) is 17.7 Å². The van der Waals surface area contributed by atoms with Crippen molar-refractivity contribution in [2.75, 3.05) is 6.54 Å². The highest BCUT2D eigenvalue weighted by Crippen LogP contribution is 2.20. The van der Waals surface area contributed by atoms with E-state index in [1.807, 2.05) is 13.0 Å². The zero-order valence-corrected chi connectivity index (χ0v) is 13.8. The zero-order chi connectivity index (χ0) is 17.8. The molecule has 1 unspecified atom stereocenters. The molecular formula is C18H19N3O4. The molecule has 1 aliphatic heterocycles. The Balaban J connectivity index is 1.52. The van der Waals surface area contributed by atoms with Gasteiger partial charge in [-0.2, -0.15) is 0 Å². The molecule has 1 atom stereocenters. The van der Waals surface area contributed by atoms with Gasteiger partial charge < -0.3 is 9.32 Å². The van der Waals surface area contributed by atoms with Crippen LogP contribution < -0.4 is 10.9 Å². The number of hydrogen-bond donors (Lipinski definition) is 2. The predicted molar refractivity (Wildman–Crippen MR) is 89.0 cm³/mol. The number of likely N-dealkylation sites (tertiary alicyclic amines) is 1. The van der Waals surface area contributed by atoms with E-state index in [4.69, 9.17) is 4.42 Å². The van der Waals surface area contributed by atoms with E-state index in [1.54, 1.807) is 41.5 Å². The number of benzene rings is 1. The first-order chi connectivity index (χ1) is 12.0. The van der Waals surface area contributed by atoms with Crippen molar-refractivity contribution in [3.8, 4) is 0 Å². The van der Waals surface area contributed by atoms with Gasteiger partial charge >= 0.3 is 0 Å². The summed E-state index contributed by atoms with van der Waals surface area (Å²) in [5, 5.41) is 0. The van der Waals surface area contributed by atoms with Crippen LogP contribution in [0.4, 0.5) is 0 Å². The first kappa shape index (κ1) is 16.8. The van der Waals surface area contributed by atoms with E-state index in [9.17, 15) is 14.4 Å². The fraction of sp³-hybridized carbons (Fsp3) is 0.278. The number of rotatable bonds is 4. The Labute approximate surface area is 145 Å². The summed E-state index contributed by atoms with van der Waals surface area (Å²) >= 11 is 0. The Hall–Kier alpha value is -3.09. The molecule has 1 aromatic heterocycles. The fourth-order valence-corrected chi connectivity index (χ4v) is 2.77. The Morgan fingerprint density at radius 1 is 1.24 bits per heavy atom. The Kier molecular flexibility index (Phi) is 4.83. The SMILES string of the molecule is Cc1cccc(C(=O)NNC(=O)C2CC(=O)N(Cc3ccco3)C2)c1. The Morgan fingerprint density at radius 3 is 2.80 bits per heavy atom. The summed E-state index contributed by atoms with van der Waals surface area (Å²) in [6.07, 6.45) is 1.66. The maximum Gasteiger partial charge on any atom is 0.269 e. The highest BCUT2D eigenvalue weighted by molar-refractivity contribution is 5.96. The monoisotopic (exact) mass is 341 g/mol. The van der Waals surface area contributed by atoms with Gasteiger partial charge in [-0.3, -0.25) is 25.2 Å². The van der Waals surface area contributed by atoms with Crippen molar-refractivity contribution in [1.29, 1.82) is 0 Å². The fourth-order valence-electron chi connectivity index (χ4n) is 2.77. The standard InChI is InChI=1S/C18H19N3O4/c1-12-4-2-5-13(8-12)17(23)19-20-18(24)14-9-16(22)21(10-14)11-15-6-3-7-25-15/h2-8,14H,9-11H2,1H3,(H,19,23)(H,20,24). The van der Waals surface area contributed by atoms with Crippen molar-refractivity contribution in [1.82, 2.24) is 15.8 Å². The van der Waals surface area contributed by atoms with Crippen LogP contribution in [0, 0.1) is 12.8 Å². The molecule has 0 saturated carbocycles. The molecule has 25 heavy (non-hydrogen) atoms. The summed E-state index contributed by atoms with van der Waals surface area (Å²) in [6.45, 7) is 2.52. The molecule has 1 aromatic carbocycles. The number of aryl methyl sites for hydroxylation is 1. The van der Waals surface area contributed by atoms with E-state index in [0.29, 0.717) is 24.4 Å². The predicted octanol–water partition coefficient (Wildman–Crippen LogP) is 1.40. The normalized spacial score (nSPS) is 16.8. The van der Waals surface area contributed by atoms with Gasteiger partial charge in [0.25, 0.3) is 5.91 Å². The molecule has 1 fully saturated rings. The van der Waals surface area contributed by atoms with Crippen LogP contribution in [0.15, 0.2) is 47.1 Å². The van der Waals surface area contributed by atoms with E-state index < -0.39 is 11.8 Å². The third kappa shape index (κ3) is 4.06. The van der Waals surface area contributed by atoms with Crippen LogP contribution in [0.1, 0.15) is 28.1 Å². The maximum atomic E-state index is 12.2. The first-order valence-electron chi connectivity index (χ1n) is 8.00. The van der Waals surface area contributed by atoms with Gasteiger partial charge in [0.1, 0.15) is 5.76 Å². The van der Waals surface area contributed by atoms with Gasteiger partial charge in [0.15, 0.2) is 0 Å². The molecule has 0 radical (unpaired) electrons. The lowest BCUT2D eigenvalue weighted by atomic mass is 10.1. The van der Waals surface area contributed by atoms with E-state index >= 15 is 0 Å². The number of hydrazine groups is 1. The third-order valence-electron chi connectivity index (χ3n) is 4.09. The van der Waals surface area contributed by atoms with Crippen LogP contribution in [0.5, 0.6) is 0 Å². The van der Waals surface area contributed by atoms with Gasteiger partial charge in [0.05, 0.1) is 18.7 Å². The van der Waals surface area contributed by atoms with E-state index in [1.165, 1.54) is 0 Å². The number of furan rings is 1. The van der Waals surface area contributed by atoms with E-state index in [0.717, 1.165) is 5.56 Å². The van der Waals surface area contributed by atoms with Crippen molar-refractivity contribution < 1.29 is 18.8 Å². The lowest BCUT2D eigenvalue weighted by Gasteiger charge is -2.15. The van der Waals surface area contributed by atoms with Crippen LogP contribution in [0.2, 0.25) is 0 Å². The third-order valence-corrected chi connectivity index (χ3v) is 4.09. The van der Waals surface area contributed by atoms with Crippen molar-refractivity contribution in [3.63, 3.8) is 0 Å². The van der Waals surface area contributed by atoms with Crippen molar-refractivity contribution in [2.45, 2.75) is 19.9 Å². The molecule has 7 nitrogen and oxygen atoms in total. The minimum absolute atomic E-state index is 0.110. The lowest BCUT2D eigenvalue weighted by molar-refractivity contribution is -0.129. The van der Waals surface area contributed by atoms with E-state index in [-0.39, 0.29) is 18.2 Å². The molecule has 2 N–H and O–H groups in total. The number of carbonyl (C=O) groups excluding carboxylic acids is 3. The largest absolute Gasteiger partial charge is 0.467 e. The number of nitrogens with zero attached hydrogens (tertiary/aromatic N) is 1. The van der Waals surface area contributed by atoms with Crippen LogP contribution >= 0.6 is 0 Å². The summed E-state index contributed by atoms with van der Waals surface area (Å²) in [7, 11) is 0. The second kappa shape index (κ2) is 7.21. The molecule has 0 aliphatic carbocycles. The van der Waals surface area contributed by atoms with Gasteiger partial charge in [-0.05, 0) is 31.2 Å². The number of nitrogens with one attached hydrogen (secondary N) is 2. The lowest BCUT2D eigenvalue weighted by Crippen LogP contribution is -2.45. The molecule has 2 heterocycles. The quantitative estimate of drug-likeness (QED) is 0.822. The maximum absolute atomic E-state index is 12.2. The summed E-state index contributed by atoms with van der Waals surface area (Å²) in [4.78, 5) is 37.9. The van der Waals surface area contributed by atoms with E-state index in [2.05, 4.69) is 10.9 Å². The number of carbonyl (C=O) groups is 3. The minimum atomic E-state index is -0.500. The molecule has 3 amide bonds. The molecule has 1 saturated heterocycles. The summed E-state index contributed by atoms with van der Waals surface area (Å²) in [5.74, 6) is -0.714. The highest BCUT2D eigenvalue weighted by Gasteiger charge is 2.34. The Morgan fingerprint density at radius 2 is 2.08 bits per heavy atom. The molecule has 3 rings (SSSR count). The number of hydrogen-bond acceptors (Lipinski definition) is 4. The van der Waals surface area contributed by atoms with Gasteiger partial charge in [0, 0.05) is 18.5 Å². The van der Waals surface area contributed by atoms with Crippen molar-refractivity contribution in [3.05, 3.63) is 59.5 Å². The van der Waals surface area contributed by atoms with Crippen LogP contribution in [-0.2, 0) is 16.1 Å². The zero-order valence-electron chi connectivity index (χ0n) is 13.8. The smallest absolute Gasteiger partial charge is 0.269 e. The summed E-state index contributed by atoms with van der Waals surface area (Å²) in [6, 6.07) is 10.6. The number of amides is 3. The second-order valence-electron chi connectivity index (χ2n) is 6.07. The second-order valence-corrected chi connectivity index (χ2v) is 6.07. The molecule has 0 bridgehead atoms. The van der Waals surface area contributed by atoms with Crippen LogP contribution in [0.25, 0.3) is 0 Å². The molecule has 7 heteroatoms. The van der Waals surface area contributed by atoms with Crippen molar-refractivity contribution in [2.24, 2.45) is 5.92 Å². The minimum Gasteiger partial charge on any atom is -0.467 e. The molecular weight excluding hydrogens is 322 g/mol. The average molecular weight is 341 g/mol. The van der Waals surface area contributed by atoms with Gasteiger partial charge in [0.2, 0.25) is 11.8 Å². The van der Waals surface area contributed by atoms with Crippen molar-refractivity contribution >= 4 is 17.7 Å². The topological polar surface area (TPSA) is 91.7 Å². The first-order valence-corrected chi connectivity index (χ1v) is 8.00. The molecule has 2 aromatic rings. The molecule has 0 spiro atoms. The average Bonchev–Trinajstić information content (AvgIpc) is 3.23. The van der Waals surface area contributed by atoms with Gasteiger partial charge in [-0.15, -0.1) is 0 Å². The molecule has 1 aliphatic rings. The van der Waals surface area contributed by atoms with Crippen LogP contribution in [-0.4, -0.2) is 29.2 Å². The summed E-state index contributed by atoms with van der Waals surface area (Å²) in [5.41, 5.74) is 6.21. The highest BCUT2D eigenvalue weighted by atomic mass is 16.3. The van der Waals surface area contributed by atoms with Gasteiger partial charge in [-0.25, -0.2) is 0 Å². The molecule has 130 valence electrons. The summed E-state index contributed by atoms with van der Waals surface area (Å²) < 4.78 is 5.23.